The van der Waals surface area contributed by atoms with Gasteiger partial charge >= 0.3 is 6.09 Å². The Balaban J connectivity index is 1.55. The van der Waals surface area contributed by atoms with Crippen molar-refractivity contribution >= 4 is 40.2 Å². The number of nitrogen functional groups attached to an aromatic ring is 1. The maximum absolute atomic E-state index is 13.1. The Morgan fingerprint density at radius 2 is 1.75 bits per heavy atom. The maximum atomic E-state index is 13.1. The summed E-state index contributed by atoms with van der Waals surface area (Å²) in [5.74, 6) is -0.107. The van der Waals surface area contributed by atoms with Gasteiger partial charge in [0.25, 0.3) is 5.91 Å². The monoisotopic (exact) mass is 452 g/mol. The summed E-state index contributed by atoms with van der Waals surface area (Å²) < 4.78 is 5.18. The van der Waals surface area contributed by atoms with E-state index in [1.54, 1.807) is 28.0 Å². The van der Waals surface area contributed by atoms with Crippen LogP contribution in [0.25, 0.3) is 22.2 Å². The number of carbonyl (C=O) groups is 2. The Hall–Kier alpha value is -3.32. The molecule has 1 saturated heterocycles. The van der Waals surface area contributed by atoms with E-state index in [1.807, 2.05) is 37.3 Å². The van der Waals surface area contributed by atoms with Crippen molar-refractivity contribution in [3.63, 3.8) is 0 Å². The van der Waals surface area contributed by atoms with E-state index in [1.165, 1.54) is 0 Å². The fourth-order valence-electron chi connectivity index (χ4n) is 3.74. The minimum absolute atomic E-state index is 0.107. The topological polar surface area (TPSA) is 88.8 Å². The van der Waals surface area contributed by atoms with E-state index in [-0.39, 0.29) is 12.0 Å². The molecule has 1 fully saturated rings. The second kappa shape index (κ2) is 9.44. The van der Waals surface area contributed by atoms with Gasteiger partial charge in [-0.2, -0.15) is 0 Å². The van der Waals surface area contributed by atoms with Crippen molar-refractivity contribution < 1.29 is 14.3 Å². The van der Waals surface area contributed by atoms with Crippen LogP contribution in [0.5, 0.6) is 0 Å². The lowest BCUT2D eigenvalue weighted by molar-refractivity contribution is 0.0560. The number of hydrogen-bond donors (Lipinski definition) is 1. The van der Waals surface area contributed by atoms with Gasteiger partial charge in [-0.05, 0) is 18.6 Å². The lowest BCUT2D eigenvalue weighted by Gasteiger charge is -2.34. The van der Waals surface area contributed by atoms with E-state index >= 15 is 0 Å². The molecule has 2 aromatic carbocycles. The first-order valence-corrected chi connectivity index (χ1v) is 11.0. The summed E-state index contributed by atoms with van der Waals surface area (Å²) in [4.78, 5) is 33.2. The molecule has 3 aromatic rings. The first-order valence-electron chi connectivity index (χ1n) is 10.6. The number of carbonyl (C=O) groups excluding carboxylic acids is 2. The lowest BCUT2D eigenvalue weighted by atomic mass is 10.1. The van der Waals surface area contributed by atoms with Crippen molar-refractivity contribution in [1.29, 1.82) is 0 Å². The number of nitrogens with two attached hydrogens (primary N) is 1. The van der Waals surface area contributed by atoms with Gasteiger partial charge in [0.1, 0.15) is 0 Å². The molecule has 2 heterocycles. The molecule has 1 aliphatic rings. The summed E-state index contributed by atoms with van der Waals surface area (Å²) >= 11 is 6.53. The minimum atomic E-state index is -0.325. The fraction of sp³-hybridized carbons (Fsp3) is 0.292. The highest BCUT2D eigenvalue weighted by molar-refractivity contribution is 6.38. The van der Waals surface area contributed by atoms with Gasteiger partial charge in [-0.3, -0.25) is 4.79 Å². The Kier molecular flexibility index (Phi) is 6.46. The maximum Gasteiger partial charge on any atom is 0.409 e. The first-order chi connectivity index (χ1) is 15.5. The van der Waals surface area contributed by atoms with Crippen LogP contribution < -0.4 is 5.73 Å². The van der Waals surface area contributed by atoms with Crippen molar-refractivity contribution in [3.05, 3.63) is 59.1 Å². The zero-order chi connectivity index (χ0) is 22.7. The number of benzene rings is 2. The zero-order valence-corrected chi connectivity index (χ0v) is 18.6. The van der Waals surface area contributed by atoms with E-state index in [0.29, 0.717) is 65.7 Å². The van der Waals surface area contributed by atoms with Crippen LogP contribution in [-0.4, -0.2) is 59.6 Å². The Morgan fingerprint density at radius 3 is 2.44 bits per heavy atom. The summed E-state index contributed by atoms with van der Waals surface area (Å²) in [5, 5.41) is 1.12. The SMILES string of the molecule is CCCOC(=O)N1CCN(C(=O)c2ccc3c(Cl)c(N)c(-c4ccccc4)nc3c2)CC1. The molecule has 1 aromatic heterocycles. The molecule has 1 aliphatic heterocycles. The summed E-state index contributed by atoms with van der Waals surface area (Å²) in [6.45, 7) is 4.14. The third kappa shape index (κ3) is 4.34. The molecule has 4 rings (SSSR count). The van der Waals surface area contributed by atoms with Crippen LogP contribution in [0.4, 0.5) is 10.5 Å². The van der Waals surface area contributed by atoms with Crippen LogP contribution in [0, 0.1) is 0 Å². The van der Waals surface area contributed by atoms with Crippen LogP contribution in [-0.2, 0) is 4.74 Å². The third-order valence-electron chi connectivity index (χ3n) is 5.51. The molecule has 7 nitrogen and oxygen atoms in total. The Labute approximate surface area is 191 Å². The lowest BCUT2D eigenvalue weighted by Crippen LogP contribution is -2.50. The molecule has 0 unspecified atom stereocenters. The van der Waals surface area contributed by atoms with E-state index in [4.69, 9.17) is 27.1 Å². The number of hydrogen-bond acceptors (Lipinski definition) is 5. The van der Waals surface area contributed by atoms with Crippen molar-refractivity contribution in [1.82, 2.24) is 14.8 Å². The van der Waals surface area contributed by atoms with E-state index < -0.39 is 0 Å². The molecule has 2 amide bonds. The number of pyridine rings is 1. The number of anilines is 1. The molecular formula is C24H25ClN4O3. The Bertz CT molecular complexity index is 1140. The second-order valence-electron chi connectivity index (χ2n) is 7.68. The van der Waals surface area contributed by atoms with Gasteiger partial charge < -0.3 is 20.3 Å². The summed E-state index contributed by atoms with van der Waals surface area (Å²) in [6, 6.07) is 14.8. The number of ether oxygens (including phenoxy) is 1. The van der Waals surface area contributed by atoms with Crippen LogP contribution in [0.1, 0.15) is 23.7 Å². The van der Waals surface area contributed by atoms with Gasteiger partial charge in [0.15, 0.2) is 0 Å². The van der Waals surface area contributed by atoms with Crippen molar-refractivity contribution in [2.75, 3.05) is 38.5 Å². The number of halogens is 1. The number of nitrogens with zero attached hydrogens (tertiary/aromatic N) is 3. The van der Waals surface area contributed by atoms with Crippen LogP contribution in [0.2, 0.25) is 5.02 Å². The van der Waals surface area contributed by atoms with Crippen LogP contribution in [0.3, 0.4) is 0 Å². The normalized spacial score (nSPS) is 13.9. The molecule has 0 saturated carbocycles. The molecule has 8 heteroatoms. The molecule has 2 N–H and O–H groups in total. The third-order valence-corrected chi connectivity index (χ3v) is 5.91. The molecule has 166 valence electrons. The highest BCUT2D eigenvalue weighted by Crippen LogP contribution is 2.35. The van der Waals surface area contributed by atoms with E-state index in [9.17, 15) is 9.59 Å². The zero-order valence-electron chi connectivity index (χ0n) is 17.9. The van der Waals surface area contributed by atoms with Crippen molar-refractivity contribution in [2.45, 2.75) is 13.3 Å². The van der Waals surface area contributed by atoms with E-state index in [0.717, 1.165) is 12.0 Å². The summed E-state index contributed by atoms with van der Waals surface area (Å²) in [6.07, 6.45) is 0.455. The molecule has 32 heavy (non-hydrogen) atoms. The van der Waals surface area contributed by atoms with Crippen molar-refractivity contribution in [2.24, 2.45) is 0 Å². The van der Waals surface area contributed by atoms with E-state index in [2.05, 4.69) is 0 Å². The van der Waals surface area contributed by atoms with Crippen molar-refractivity contribution in [3.8, 4) is 11.3 Å². The standard InChI is InChI=1S/C24H25ClN4O3/c1-2-14-32-24(31)29-12-10-28(11-13-29)23(30)17-8-9-18-19(15-17)27-22(21(26)20(18)25)16-6-4-3-5-7-16/h3-9,15H,2,10-14,26H2,1H3. The predicted octanol–water partition coefficient (Wildman–Crippen LogP) is 4.44. The van der Waals surface area contributed by atoms with Crippen LogP contribution in [0.15, 0.2) is 48.5 Å². The van der Waals surface area contributed by atoms with Gasteiger partial charge in [0.05, 0.1) is 28.5 Å². The summed E-state index contributed by atoms with van der Waals surface area (Å²) in [5.41, 5.74) is 9.24. The quantitative estimate of drug-likeness (QED) is 0.632. The number of rotatable bonds is 4. The molecule has 0 radical (unpaired) electrons. The van der Waals surface area contributed by atoms with Gasteiger partial charge in [-0.1, -0.05) is 54.9 Å². The number of aromatic nitrogens is 1. The highest BCUT2D eigenvalue weighted by Gasteiger charge is 2.26. The first kappa shape index (κ1) is 21.9. The van der Waals surface area contributed by atoms with Crippen LogP contribution >= 0.6 is 11.6 Å². The number of amides is 2. The Morgan fingerprint density at radius 1 is 1.06 bits per heavy atom. The molecule has 0 atom stereocenters. The molecule has 0 bridgehead atoms. The van der Waals surface area contributed by atoms with Gasteiger partial charge in [-0.15, -0.1) is 0 Å². The summed E-state index contributed by atoms with van der Waals surface area (Å²) in [7, 11) is 0. The fourth-order valence-corrected chi connectivity index (χ4v) is 3.99. The predicted molar refractivity (Wildman–Crippen MR) is 126 cm³/mol. The molecule has 0 spiro atoms. The number of fused-ring (bicyclic) bond motifs is 1. The largest absolute Gasteiger partial charge is 0.449 e. The minimum Gasteiger partial charge on any atom is -0.449 e. The smallest absolute Gasteiger partial charge is 0.409 e. The average molecular weight is 453 g/mol. The second-order valence-corrected chi connectivity index (χ2v) is 8.06. The van der Waals surface area contributed by atoms with Gasteiger partial charge in [-0.25, -0.2) is 9.78 Å². The molecule has 0 aliphatic carbocycles. The highest BCUT2D eigenvalue weighted by atomic mass is 35.5. The van der Waals surface area contributed by atoms with Gasteiger partial charge in [0, 0.05) is 42.7 Å². The van der Waals surface area contributed by atoms with Gasteiger partial charge in [0.2, 0.25) is 0 Å². The average Bonchev–Trinajstić information content (AvgIpc) is 2.84. The molecular weight excluding hydrogens is 428 g/mol. The number of piperazine rings is 1.